The first-order valence-corrected chi connectivity index (χ1v) is 8.21. The number of rotatable bonds is 3. The Morgan fingerprint density at radius 2 is 2.00 bits per heavy atom. The summed E-state index contributed by atoms with van der Waals surface area (Å²) in [5.74, 6) is 1.69. The molecule has 3 atom stereocenters. The fraction of sp³-hybridized carbons (Fsp3) is 0.941. The number of carbonyl (C=O) groups is 1. The maximum absolute atomic E-state index is 12.5. The van der Waals surface area contributed by atoms with Crippen LogP contribution >= 0.6 is 0 Å². The Morgan fingerprint density at radius 1 is 1.30 bits per heavy atom. The van der Waals surface area contributed by atoms with Gasteiger partial charge in [0, 0.05) is 19.5 Å². The van der Waals surface area contributed by atoms with Crippen LogP contribution in [0, 0.1) is 22.7 Å². The lowest BCUT2D eigenvalue weighted by atomic mass is 9.67. The molecule has 1 saturated carbocycles. The van der Waals surface area contributed by atoms with Crippen molar-refractivity contribution in [2.24, 2.45) is 28.4 Å². The fourth-order valence-corrected chi connectivity index (χ4v) is 4.48. The largest absolute Gasteiger partial charge is 0.342 e. The maximum Gasteiger partial charge on any atom is 0.222 e. The lowest BCUT2D eigenvalue weighted by Gasteiger charge is -2.39. The second kappa shape index (κ2) is 5.67. The smallest absolute Gasteiger partial charge is 0.222 e. The summed E-state index contributed by atoms with van der Waals surface area (Å²) in [6.45, 7) is 11.7. The molecule has 2 N–H and O–H groups in total. The molecule has 20 heavy (non-hydrogen) atoms. The Hall–Kier alpha value is -0.570. The molecular formula is C17H32N2O. The third-order valence-electron chi connectivity index (χ3n) is 5.34. The van der Waals surface area contributed by atoms with Gasteiger partial charge in [-0.2, -0.15) is 0 Å². The SMILES string of the molecule is CC1CC(CC(=O)N2CCC(C)(CN)C2)CC(C)(C)C1. The molecule has 2 aliphatic rings. The molecule has 2 fully saturated rings. The summed E-state index contributed by atoms with van der Waals surface area (Å²) < 4.78 is 0. The average molecular weight is 280 g/mol. The first-order valence-electron chi connectivity index (χ1n) is 8.21. The Balaban J connectivity index is 1.89. The lowest BCUT2D eigenvalue weighted by Crippen LogP contribution is -2.36. The fourth-order valence-electron chi connectivity index (χ4n) is 4.48. The van der Waals surface area contributed by atoms with E-state index in [-0.39, 0.29) is 5.41 Å². The highest BCUT2D eigenvalue weighted by atomic mass is 16.2. The normalized spacial score (nSPS) is 37.1. The van der Waals surface area contributed by atoms with E-state index >= 15 is 0 Å². The highest BCUT2D eigenvalue weighted by Gasteiger charge is 2.37. The molecule has 0 aromatic carbocycles. The zero-order valence-electron chi connectivity index (χ0n) is 13.7. The van der Waals surface area contributed by atoms with Crippen LogP contribution in [0.3, 0.4) is 0 Å². The molecule has 0 radical (unpaired) electrons. The summed E-state index contributed by atoms with van der Waals surface area (Å²) in [7, 11) is 0. The van der Waals surface area contributed by atoms with Crippen LogP contribution in [0.4, 0.5) is 0 Å². The Morgan fingerprint density at radius 3 is 2.55 bits per heavy atom. The van der Waals surface area contributed by atoms with Gasteiger partial charge < -0.3 is 10.6 Å². The highest BCUT2D eigenvalue weighted by molar-refractivity contribution is 5.76. The molecule has 3 heteroatoms. The second-order valence-corrected chi connectivity index (χ2v) is 8.56. The summed E-state index contributed by atoms with van der Waals surface area (Å²) in [5, 5.41) is 0. The van der Waals surface area contributed by atoms with E-state index in [0.29, 0.717) is 23.8 Å². The third kappa shape index (κ3) is 3.75. The van der Waals surface area contributed by atoms with Crippen molar-refractivity contribution in [3.8, 4) is 0 Å². The number of hydrogen-bond acceptors (Lipinski definition) is 2. The number of nitrogens with zero attached hydrogens (tertiary/aromatic N) is 1. The molecule has 0 aromatic heterocycles. The van der Waals surface area contributed by atoms with Crippen molar-refractivity contribution in [2.75, 3.05) is 19.6 Å². The summed E-state index contributed by atoms with van der Waals surface area (Å²) >= 11 is 0. The molecule has 1 aliphatic heterocycles. The summed E-state index contributed by atoms with van der Waals surface area (Å²) in [4.78, 5) is 14.6. The molecule has 0 bridgehead atoms. The van der Waals surface area contributed by atoms with E-state index in [1.54, 1.807) is 0 Å². The molecular weight excluding hydrogens is 248 g/mol. The zero-order chi connectivity index (χ0) is 15.0. The van der Waals surface area contributed by atoms with Crippen LogP contribution in [-0.4, -0.2) is 30.4 Å². The van der Waals surface area contributed by atoms with Gasteiger partial charge in [-0.15, -0.1) is 0 Å². The Bertz CT molecular complexity index is 366. The minimum atomic E-state index is 0.148. The van der Waals surface area contributed by atoms with E-state index in [0.717, 1.165) is 31.8 Å². The van der Waals surface area contributed by atoms with Gasteiger partial charge in [0.1, 0.15) is 0 Å². The van der Waals surface area contributed by atoms with Crippen LogP contribution in [0.5, 0.6) is 0 Å². The number of likely N-dealkylation sites (tertiary alicyclic amines) is 1. The molecule has 3 nitrogen and oxygen atoms in total. The van der Waals surface area contributed by atoms with Gasteiger partial charge in [0.05, 0.1) is 0 Å². The lowest BCUT2D eigenvalue weighted by molar-refractivity contribution is -0.132. The van der Waals surface area contributed by atoms with E-state index in [1.165, 1.54) is 19.3 Å². The number of nitrogens with two attached hydrogens (primary N) is 1. The molecule has 1 heterocycles. The molecule has 116 valence electrons. The number of amides is 1. The van der Waals surface area contributed by atoms with Crippen molar-refractivity contribution in [1.29, 1.82) is 0 Å². The molecule has 0 aromatic rings. The molecule has 0 spiro atoms. The minimum Gasteiger partial charge on any atom is -0.342 e. The third-order valence-corrected chi connectivity index (χ3v) is 5.34. The van der Waals surface area contributed by atoms with Crippen molar-refractivity contribution >= 4 is 5.91 Å². The maximum atomic E-state index is 12.5. The summed E-state index contributed by atoms with van der Waals surface area (Å²) in [6.07, 6.45) is 5.52. The quantitative estimate of drug-likeness (QED) is 0.863. The van der Waals surface area contributed by atoms with Crippen molar-refractivity contribution < 1.29 is 4.79 Å². The summed E-state index contributed by atoms with van der Waals surface area (Å²) in [6, 6.07) is 0. The van der Waals surface area contributed by atoms with Gasteiger partial charge in [-0.25, -0.2) is 0 Å². The minimum absolute atomic E-state index is 0.148. The van der Waals surface area contributed by atoms with Crippen molar-refractivity contribution in [1.82, 2.24) is 4.90 Å². The predicted molar refractivity (Wildman–Crippen MR) is 83.3 cm³/mol. The monoisotopic (exact) mass is 280 g/mol. The standard InChI is InChI=1S/C17H32N2O/c1-13-7-14(10-16(2,3)9-13)8-15(20)19-6-5-17(4,11-18)12-19/h13-14H,5-12,18H2,1-4H3. The summed E-state index contributed by atoms with van der Waals surface area (Å²) in [5.41, 5.74) is 6.38. The molecule has 1 amide bonds. The zero-order valence-corrected chi connectivity index (χ0v) is 13.7. The van der Waals surface area contributed by atoms with Gasteiger partial charge in [-0.1, -0.05) is 27.7 Å². The Labute approximate surface area is 124 Å². The first-order chi connectivity index (χ1) is 9.23. The van der Waals surface area contributed by atoms with E-state index < -0.39 is 0 Å². The van der Waals surface area contributed by atoms with Crippen molar-refractivity contribution in [3.63, 3.8) is 0 Å². The highest BCUT2D eigenvalue weighted by Crippen LogP contribution is 2.43. The average Bonchev–Trinajstić information content (AvgIpc) is 2.70. The second-order valence-electron chi connectivity index (χ2n) is 8.56. The van der Waals surface area contributed by atoms with E-state index in [9.17, 15) is 4.79 Å². The predicted octanol–water partition coefficient (Wildman–Crippen LogP) is 3.04. The topological polar surface area (TPSA) is 46.3 Å². The van der Waals surface area contributed by atoms with Crippen LogP contribution in [-0.2, 0) is 4.79 Å². The van der Waals surface area contributed by atoms with Crippen molar-refractivity contribution in [3.05, 3.63) is 0 Å². The number of carbonyl (C=O) groups excluding carboxylic acids is 1. The van der Waals surface area contributed by atoms with E-state index in [2.05, 4.69) is 32.6 Å². The number of hydrogen-bond donors (Lipinski definition) is 1. The van der Waals surface area contributed by atoms with Crippen LogP contribution in [0.1, 0.15) is 59.8 Å². The van der Waals surface area contributed by atoms with Crippen LogP contribution in [0.25, 0.3) is 0 Å². The van der Waals surface area contributed by atoms with Gasteiger partial charge >= 0.3 is 0 Å². The first kappa shape index (κ1) is 15.8. The van der Waals surface area contributed by atoms with Gasteiger partial charge in [0.15, 0.2) is 0 Å². The Kier molecular flexibility index (Phi) is 4.48. The van der Waals surface area contributed by atoms with Gasteiger partial charge in [-0.05, 0) is 54.9 Å². The van der Waals surface area contributed by atoms with Gasteiger partial charge in [0.25, 0.3) is 0 Å². The van der Waals surface area contributed by atoms with Gasteiger partial charge in [-0.3, -0.25) is 4.79 Å². The van der Waals surface area contributed by atoms with Crippen LogP contribution < -0.4 is 5.73 Å². The van der Waals surface area contributed by atoms with E-state index in [1.807, 2.05) is 0 Å². The van der Waals surface area contributed by atoms with Crippen LogP contribution in [0.2, 0.25) is 0 Å². The van der Waals surface area contributed by atoms with Gasteiger partial charge in [0.2, 0.25) is 5.91 Å². The van der Waals surface area contributed by atoms with Crippen molar-refractivity contribution in [2.45, 2.75) is 59.8 Å². The van der Waals surface area contributed by atoms with Crippen LogP contribution in [0.15, 0.2) is 0 Å². The van der Waals surface area contributed by atoms with E-state index in [4.69, 9.17) is 5.73 Å². The molecule has 3 unspecified atom stereocenters. The molecule has 1 aliphatic carbocycles. The molecule has 1 saturated heterocycles. The molecule has 2 rings (SSSR count).